The van der Waals surface area contributed by atoms with Gasteiger partial charge in [-0.3, -0.25) is 4.79 Å². The van der Waals surface area contributed by atoms with Crippen molar-refractivity contribution in [2.75, 3.05) is 25.5 Å². The lowest BCUT2D eigenvalue weighted by Gasteiger charge is -2.09. The number of methoxy groups -OCH3 is 1. The first-order valence-corrected chi connectivity index (χ1v) is 7.85. The van der Waals surface area contributed by atoms with Gasteiger partial charge in [0.05, 0.1) is 18.4 Å². The van der Waals surface area contributed by atoms with Crippen LogP contribution < -0.4 is 15.4 Å². The van der Waals surface area contributed by atoms with Gasteiger partial charge in [-0.05, 0) is 36.2 Å². The van der Waals surface area contributed by atoms with Crippen LogP contribution in [-0.4, -0.2) is 26.1 Å². The van der Waals surface area contributed by atoms with Gasteiger partial charge in [0.25, 0.3) is 0 Å². The average Bonchev–Trinajstić information content (AvgIpc) is 2.62. The number of rotatable bonds is 8. The second-order valence-corrected chi connectivity index (χ2v) is 5.28. The molecular weight excluding hydrogens is 302 g/mol. The van der Waals surface area contributed by atoms with E-state index in [1.165, 1.54) is 0 Å². The number of nitrogens with one attached hydrogen (secondary N) is 2. The van der Waals surface area contributed by atoms with Gasteiger partial charge in [-0.1, -0.05) is 24.3 Å². The lowest BCUT2D eigenvalue weighted by molar-refractivity contribution is -0.120. The minimum Gasteiger partial charge on any atom is -0.497 e. The van der Waals surface area contributed by atoms with Gasteiger partial charge in [0.2, 0.25) is 5.91 Å². The molecule has 0 aliphatic carbocycles. The minimum atomic E-state index is -0.00884. The molecule has 0 bridgehead atoms. The summed E-state index contributed by atoms with van der Waals surface area (Å²) in [5.74, 6) is 0.817. The maximum Gasteiger partial charge on any atom is 0.221 e. The maximum absolute atomic E-state index is 11.8. The van der Waals surface area contributed by atoms with E-state index in [0.29, 0.717) is 25.1 Å². The van der Waals surface area contributed by atoms with Gasteiger partial charge in [-0.2, -0.15) is 5.26 Å². The second kappa shape index (κ2) is 9.21. The van der Waals surface area contributed by atoms with Gasteiger partial charge in [-0.15, -0.1) is 0 Å². The van der Waals surface area contributed by atoms with Crippen molar-refractivity contribution in [3.63, 3.8) is 0 Å². The summed E-state index contributed by atoms with van der Waals surface area (Å²) in [5, 5.41) is 15.0. The van der Waals surface area contributed by atoms with Crippen LogP contribution in [0.1, 0.15) is 17.5 Å². The molecule has 0 saturated carbocycles. The largest absolute Gasteiger partial charge is 0.497 e. The first kappa shape index (κ1) is 17.4. The van der Waals surface area contributed by atoms with E-state index in [-0.39, 0.29) is 5.91 Å². The van der Waals surface area contributed by atoms with Crippen LogP contribution >= 0.6 is 0 Å². The van der Waals surface area contributed by atoms with E-state index in [1.807, 2.05) is 42.5 Å². The highest BCUT2D eigenvalue weighted by Crippen LogP contribution is 2.13. The first-order chi connectivity index (χ1) is 11.7. The van der Waals surface area contributed by atoms with Crippen molar-refractivity contribution in [3.05, 3.63) is 59.7 Å². The number of benzene rings is 2. The molecule has 24 heavy (non-hydrogen) atoms. The van der Waals surface area contributed by atoms with Crippen molar-refractivity contribution < 1.29 is 9.53 Å². The number of carbonyl (C=O) groups is 1. The van der Waals surface area contributed by atoms with Crippen LogP contribution in [0.2, 0.25) is 0 Å². The van der Waals surface area contributed by atoms with E-state index in [1.54, 1.807) is 13.2 Å². The molecule has 0 saturated heterocycles. The molecule has 0 atom stereocenters. The Balaban J connectivity index is 1.67. The Morgan fingerprint density at radius 1 is 1.12 bits per heavy atom. The number of hydrogen-bond acceptors (Lipinski definition) is 4. The van der Waals surface area contributed by atoms with Crippen molar-refractivity contribution in [2.45, 2.75) is 12.8 Å². The first-order valence-electron chi connectivity index (χ1n) is 7.85. The van der Waals surface area contributed by atoms with Gasteiger partial charge in [0, 0.05) is 19.5 Å². The molecule has 5 heteroatoms. The van der Waals surface area contributed by atoms with Crippen LogP contribution in [0.3, 0.4) is 0 Å². The van der Waals surface area contributed by atoms with Gasteiger partial charge in [-0.25, -0.2) is 0 Å². The molecular formula is C19H21N3O2. The van der Waals surface area contributed by atoms with Gasteiger partial charge in [0.1, 0.15) is 11.8 Å². The van der Waals surface area contributed by atoms with Crippen LogP contribution in [0.25, 0.3) is 0 Å². The standard InChI is InChI=1S/C19H21N3O2/c1-24-17-8-6-15(7-9-17)10-12-22-19(23)11-13-21-18-5-3-2-4-16(18)14-20/h2-9,21H,10-13H2,1H3,(H,22,23). The summed E-state index contributed by atoms with van der Waals surface area (Å²) < 4.78 is 5.11. The van der Waals surface area contributed by atoms with Crippen LogP contribution in [0, 0.1) is 11.3 Å². The highest BCUT2D eigenvalue weighted by Gasteiger charge is 2.03. The Morgan fingerprint density at radius 2 is 1.88 bits per heavy atom. The van der Waals surface area contributed by atoms with Gasteiger partial charge < -0.3 is 15.4 Å². The lowest BCUT2D eigenvalue weighted by atomic mass is 10.1. The fourth-order valence-corrected chi connectivity index (χ4v) is 2.27. The van der Waals surface area contributed by atoms with Gasteiger partial charge in [0.15, 0.2) is 0 Å². The topological polar surface area (TPSA) is 74.2 Å². The number of amides is 1. The Hall–Kier alpha value is -3.00. The molecule has 5 nitrogen and oxygen atoms in total. The van der Waals surface area contributed by atoms with E-state index in [2.05, 4.69) is 16.7 Å². The zero-order valence-corrected chi connectivity index (χ0v) is 13.7. The Labute approximate surface area is 142 Å². The van der Waals surface area contributed by atoms with Crippen molar-refractivity contribution in [1.82, 2.24) is 5.32 Å². The summed E-state index contributed by atoms with van der Waals surface area (Å²) in [6, 6.07) is 17.2. The quantitative estimate of drug-likeness (QED) is 0.783. The predicted octanol–water partition coefficient (Wildman–Crippen LogP) is 2.73. The molecule has 0 aromatic heterocycles. The summed E-state index contributed by atoms with van der Waals surface area (Å²) >= 11 is 0. The van der Waals surface area contributed by atoms with Crippen LogP contribution in [0.5, 0.6) is 5.75 Å². The predicted molar refractivity (Wildman–Crippen MR) is 94.0 cm³/mol. The molecule has 0 aliphatic heterocycles. The fourth-order valence-electron chi connectivity index (χ4n) is 2.27. The number of carbonyl (C=O) groups excluding carboxylic acids is 1. The number of nitriles is 1. The number of hydrogen-bond donors (Lipinski definition) is 2. The molecule has 1 amide bonds. The molecule has 0 heterocycles. The second-order valence-electron chi connectivity index (χ2n) is 5.28. The molecule has 2 rings (SSSR count). The third-order valence-corrected chi connectivity index (χ3v) is 3.61. The lowest BCUT2D eigenvalue weighted by Crippen LogP contribution is -2.27. The van der Waals surface area contributed by atoms with E-state index >= 15 is 0 Å². The number of ether oxygens (including phenoxy) is 1. The summed E-state index contributed by atoms with van der Waals surface area (Å²) in [6.45, 7) is 1.09. The SMILES string of the molecule is COc1ccc(CCNC(=O)CCNc2ccccc2C#N)cc1. The normalized spacial score (nSPS) is 9.83. The van der Waals surface area contributed by atoms with E-state index in [9.17, 15) is 4.79 Å². The highest BCUT2D eigenvalue weighted by molar-refractivity contribution is 5.76. The summed E-state index contributed by atoms with van der Waals surface area (Å²) in [4.78, 5) is 11.8. The molecule has 2 aromatic carbocycles. The fraction of sp³-hybridized carbons (Fsp3) is 0.263. The van der Waals surface area contributed by atoms with E-state index in [0.717, 1.165) is 23.4 Å². The Bertz CT molecular complexity index is 705. The Morgan fingerprint density at radius 3 is 2.58 bits per heavy atom. The summed E-state index contributed by atoms with van der Waals surface area (Å²) in [7, 11) is 1.64. The maximum atomic E-state index is 11.8. The number of nitrogens with zero attached hydrogens (tertiary/aromatic N) is 1. The molecule has 2 aromatic rings. The molecule has 0 radical (unpaired) electrons. The molecule has 2 N–H and O–H groups in total. The summed E-state index contributed by atoms with van der Waals surface area (Å²) in [6.07, 6.45) is 1.14. The van der Waals surface area contributed by atoms with Crippen LogP contribution in [0.15, 0.2) is 48.5 Å². The molecule has 124 valence electrons. The van der Waals surface area contributed by atoms with E-state index < -0.39 is 0 Å². The molecule has 0 aliphatic rings. The van der Waals surface area contributed by atoms with Gasteiger partial charge >= 0.3 is 0 Å². The van der Waals surface area contributed by atoms with Crippen molar-refractivity contribution in [1.29, 1.82) is 5.26 Å². The minimum absolute atomic E-state index is 0.00884. The van der Waals surface area contributed by atoms with Crippen LogP contribution in [-0.2, 0) is 11.2 Å². The zero-order valence-electron chi connectivity index (χ0n) is 13.7. The van der Waals surface area contributed by atoms with Crippen molar-refractivity contribution in [2.24, 2.45) is 0 Å². The summed E-state index contributed by atoms with van der Waals surface area (Å²) in [5.41, 5.74) is 2.49. The zero-order chi connectivity index (χ0) is 17.2. The monoisotopic (exact) mass is 323 g/mol. The third kappa shape index (κ3) is 5.33. The number of para-hydroxylation sites is 1. The Kier molecular flexibility index (Phi) is 6.66. The van der Waals surface area contributed by atoms with Crippen molar-refractivity contribution >= 4 is 11.6 Å². The van der Waals surface area contributed by atoms with E-state index in [4.69, 9.17) is 10.00 Å². The molecule has 0 spiro atoms. The van der Waals surface area contributed by atoms with Crippen molar-refractivity contribution in [3.8, 4) is 11.8 Å². The average molecular weight is 323 g/mol. The smallest absolute Gasteiger partial charge is 0.221 e. The number of anilines is 1. The highest BCUT2D eigenvalue weighted by atomic mass is 16.5. The third-order valence-electron chi connectivity index (χ3n) is 3.61. The molecule has 0 fully saturated rings. The van der Waals surface area contributed by atoms with Crippen LogP contribution in [0.4, 0.5) is 5.69 Å². The molecule has 0 unspecified atom stereocenters.